The average Bonchev–Trinajstić information content (AvgIpc) is 3.21. The molecule has 1 amide bonds. The van der Waals surface area contributed by atoms with Crippen LogP contribution in [0.5, 0.6) is 0 Å². The van der Waals surface area contributed by atoms with Crippen LogP contribution in [0, 0.1) is 0 Å². The van der Waals surface area contributed by atoms with Crippen LogP contribution < -0.4 is 4.90 Å². The molecule has 1 aliphatic heterocycles. The van der Waals surface area contributed by atoms with Gasteiger partial charge in [-0.05, 0) is 52.4 Å². The van der Waals surface area contributed by atoms with Gasteiger partial charge in [0.2, 0.25) is 0 Å². The van der Waals surface area contributed by atoms with Gasteiger partial charge in [-0.3, -0.25) is 4.79 Å². The highest BCUT2D eigenvalue weighted by Gasteiger charge is 2.27. The number of fused-ring (bicyclic) bond motifs is 1. The second-order valence-electron chi connectivity index (χ2n) is 6.73. The van der Waals surface area contributed by atoms with Crippen LogP contribution >= 0.6 is 0 Å². The third kappa shape index (κ3) is 2.85. The Kier molecular flexibility index (Phi) is 4.20. The number of nitrogens with zero attached hydrogens (tertiary/aromatic N) is 6. The monoisotopic (exact) mass is 348 g/mol. The van der Waals surface area contributed by atoms with Crippen LogP contribution in [0.3, 0.4) is 0 Å². The number of benzene rings is 1. The van der Waals surface area contributed by atoms with Crippen molar-refractivity contribution in [2.24, 2.45) is 0 Å². The van der Waals surface area contributed by atoms with E-state index in [0.29, 0.717) is 23.8 Å². The maximum atomic E-state index is 13.2. The average molecular weight is 348 g/mol. The quantitative estimate of drug-likeness (QED) is 0.727. The van der Waals surface area contributed by atoms with E-state index in [2.05, 4.69) is 52.6 Å². The zero-order chi connectivity index (χ0) is 18.1. The molecule has 0 spiro atoms. The number of rotatable bonds is 3. The molecule has 0 saturated carbocycles. The Hall–Kier alpha value is -3.09. The summed E-state index contributed by atoms with van der Waals surface area (Å²) in [6.45, 7) is 5.03. The van der Waals surface area contributed by atoms with Crippen molar-refractivity contribution < 1.29 is 4.79 Å². The normalized spacial score (nSPS) is 13.7. The lowest BCUT2D eigenvalue weighted by Crippen LogP contribution is -2.37. The van der Waals surface area contributed by atoms with Gasteiger partial charge in [0.15, 0.2) is 0 Å². The molecule has 0 fully saturated rings. The van der Waals surface area contributed by atoms with E-state index >= 15 is 0 Å². The zero-order valence-corrected chi connectivity index (χ0v) is 14.8. The summed E-state index contributed by atoms with van der Waals surface area (Å²) in [6.07, 6.45) is 5.07. The standard InChI is InChI=1S/C19H20N6O/c1-13(2)16-7-3-5-14-6-4-10-24(18(14)16)19(26)17-9-8-15(11-20-17)25-12-21-22-23-25/h3,5,7-9,11-13H,4,6,10H2,1-2H3. The molecule has 0 saturated heterocycles. The summed E-state index contributed by atoms with van der Waals surface area (Å²) < 4.78 is 1.51. The number of hydrogen-bond acceptors (Lipinski definition) is 5. The number of para-hydroxylation sites is 1. The highest BCUT2D eigenvalue weighted by molar-refractivity contribution is 6.06. The molecule has 3 aromatic rings. The van der Waals surface area contributed by atoms with Crippen molar-refractivity contribution in [1.29, 1.82) is 0 Å². The largest absolute Gasteiger partial charge is 0.306 e. The molecule has 0 N–H and O–H groups in total. The first kappa shape index (κ1) is 16.4. The number of tetrazole rings is 1. The maximum absolute atomic E-state index is 13.2. The first-order chi connectivity index (χ1) is 12.6. The second kappa shape index (κ2) is 6.67. The van der Waals surface area contributed by atoms with Gasteiger partial charge in [-0.25, -0.2) is 4.98 Å². The van der Waals surface area contributed by atoms with E-state index in [1.54, 1.807) is 18.3 Å². The van der Waals surface area contributed by atoms with E-state index < -0.39 is 0 Å². The van der Waals surface area contributed by atoms with Crippen molar-refractivity contribution in [2.75, 3.05) is 11.4 Å². The number of aromatic nitrogens is 5. The molecule has 0 atom stereocenters. The van der Waals surface area contributed by atoms with Gasteiger partial charge in [-0.15, -0.1) is 5.10 Å². The third-order valence-corrected chi connectivity index (χ3v) is 4.70. The van der Waals surface area contributed by atoms with Crippen molar-refractivity contribution in [1.82, 2.24) is 25.2 Å². The third-order valence-electron chi connectivity index (χ3n) is 4.70. The Morgan fingerprint density at radius 2 is 2.08 bits per heavy atom. The van der Waals surface area contributed by atoms with Gasteiger partial charge in [-0.2, -0.15) is 4.68 Å². The summed E-state index contributed by atoms with van der Waals surface area (Å²) in [5, 5.41) is 11.1. The molecule has 3 heterocycles. The Morgan fingerprint density at radius 1 is 1.19 bits per heavy atom. The first-order valence-corrected chi connectivity index (χ1v) is 8.78. The Bertz CT molecular complexity index is 918. The van der Waals surface area contributed by atoms with Crippen LogP contribution in [0.2, 0.25) is 0 Å². The SMILES string of the molecule is CC(C)c1cccc2c1N(C(=O)c1ccc(-n3cnnn3)cn1)CCC2. The lowest BCUT2D eigenvalue weighted by atomic mass is 9.92. The molecule has 2 aromatic heterocycles. The molecule has 1 aromatic carbocycles. The Labute approximate surface area is 151 Å². The van der Waals surface area contributed by atoms with E-state index in [-0.39, 0.29) is 5.91 Å². The molecular weight excluding hydrogens is 328 g/mol. The van der Waals surface area contributed by atoms with E-state index in [1.807, 2.05) is 4.90 Å². The number of amides is 1. The van der Waals surface area contributed by atoms with E-state index in [1.165, 1.54) is 22.1 Å². The van der Waals surface area contributed by atoms with Gasteiger partial charge in [0.25, 0.3) is 5.91 Å². The van der Waals surface area contributed by atoms with Crippen molar-refractivity contribution >= 4 is 11.6 Å². The maximum Gasteiger partial charge on any atom is 0.276 e. The predicted octanol–water partition coefficient (Wildman–Crippen LogP) is 2.77. The van der Waals surface area contributed by atoms with Crippen LogP contribution in [0.25, 0.3) is 5.69 Å². The Balaban J connectivity index is 1.68. The molecule has 26 heavy (non-hydrogen) atoms. The molecule has 0 unspecified atom stereocenters. The van der Waals surface area contributed by atoms with E-state index in [9.17, 15) is 4.79 Å². The highest BCUT2D eigenvalue weighted by Crippen LogP contribution is 2.35. The van der Waals surface area contributed by atoms with Gasteiger partial charge in [0, 0.05) is 6.54 Å². The van der Waals surface area contributed by atoms with Gasteiger partial charge < -0.3 is 4.90 Å². The van der Waals surface area contributed by atoms with Crippen molar-refractivity contribution in [3.05, 3.63) is 59.7 Å². The van der Waals surface area contributed by atoms with Crippen LogP contribution in [0.4, 0.5) is 5.69 Å². The topological polar surface area (TPSA) is 76.8 Å². The summed E-state index contributed by atoms with van der Waals surface area (Å²) >= 11 is 0. The summed E-state index contributed by atoms with van der Waals surface area (Å²) in [7, 11) is 0. The summed E-state index contributed by atoms with van der Waals surface area (Å²) in [6, 6.07) is 9.85. The fourth-order valence-corrected chi connectivity index (χ4v) is 3.42. The minimum Gasteiger partial charge on any atom is -0.306 e. The molecule has 7 heteroatoms. The summed E-state index contributed by atoms with van der Waals surface area (Å²) in [5.41, 5.74) is 4.65. The molecule has 0 radical (unpaired) electrons. The van der Waals surface area contributed by atoms with Crippen LogP contribution in [0.15, 0.2) is 42.9 Å². The van der Waals surface area contributed by atoms with Gasteiger partial charge in [0.1, 0.15) is 12.0 Å². The van der Waals surface area contributed by atoms with Crippen LogP contribution in [-0.4, -0.2) is 37.6 Å². The number of carbonyl (C=O) groups excluding carboxylic acids is 1. The minimum absolute atomic E-state index is 0.0673. The highest BCUT2D eigenvalue weighted by atomic mass is 16.2. The fraction of sp³-hybridized carbons (Fsp3) is 0.316. The predicted molar refractivity (Wildman–Crippen MR) is 97.5 cm³/mol. The number of hydrogen-bond donors (Lipinski definition) is 0. The lowest BCUT2D eigenvalue weighted by molar-refractivity contribution is 0.0980. The first-order valence-electron chi connectivity index (χ1n) is 8.78. The smallest absolute Gasteiger partial charge is 0.276 e. The van der Waals surface area contributed by atoms with Crippen molar-refractivity contribution in [2.45, 2.75) is 32.6 Å². The Morgan fingerprint density at radius 3 is 2.77 bits per heavy atom. The molecule has 0 aliphatic carbocycles. The zero-order valence-electron chi connectivity index (χ0n) is 14.8. The molecular formula is C19H20N6O. The molecule has 7 nitrogen and oxygen atoms in total. The minimum atomic E-state index is -0.0673. The number of carbonyl (C=O) groups is 1. The molecule has 1 aliphatic rings. The van der Waals surface area contributed by atoms with E-state index in [4.69, 9.17) is 0 Å². The van der Waals surface area contributed by atoms with E-state index in [0.717, 1.165) is 18.5 Å². The van der Waals surface area contributed by atoms with Gasteiger partial charge in [0.05, 0.1) is 17.6 Å². The summed E-state index contributed by atoms with van der Waals surface area (Å²) in [5.74, 6) is 0.288. The van der Waals surface area contributed by atoms with Crippen molar-refractivity contribution in [3.8, 4) is 5.69 Å². The summed E-state index contributed by atoms with van der Waals surface area (Å²) in [4.78, 5) is 19.4. The van der Waals surface area contributed by atoms with Gasteiger partial charge >= 0.3 is 0 Å². The molecule has 132 valence electrons. The number of anilines is 1. The number of aryl methyl sites for hydroxylation is 1. The molecule has 4 rings (SSSR count). The number of pyridine rings is 1. The lowest BCUT2D eigenvalue weighted by Gasteiger charge is -2.32. The fourth-order valence-electron chi connectivity index (χ4n) is 3.42. The van der Waals surface area contributed by atoms with Gasteiger partial charge in [-0.1, -0.05) is 32.0 Å². The van der Waals surface area contributed by atoms with Crippen LogP contribution in [-0.2, 0) is 6.42 Å². The molecule has 0 bridgehead atoms. The van der Waals surface area contributed by atoms with Crippen molar-refractivity contribution in [3.63, 3.8) is 0 Å². The second-order valence-corrected chi connectivity index (χ2v) is 6.73. The van der Waals surface area contributed by atoms with Crippen LogP contribution in [0.1, 0.15) is 47.8 Å².